The fourth-order valence-corrected chi connectivity index (χ4v) is 4.87. The van der Waals surface area contributed by atoms with Crippen molar-refractivity contribution in [2.75, 3.05) is 0 Å². The van der Waals surface area contributed by atoms with Gasteiger partial charge in [0.25, 0.3) is 0 Å². The molecular weight excluding hydrogens is 272 g/mol. The highest BCUT2D eigenvalue weighted by atomic mass is 16.3. The molecule has 0 aliphatic heterocycles. The number of hydrogen-bond acceptors (Lipinski definition) is 2. The molecule has 0 amide bonds. The summed E-state index contributed by atoms with van der Waals surface area (Å²) in [5.41, 5.74) is 1.72. The van der Waals surface area contributed by atoms with Gasteiger partial charge in [-0.3, -0.25) is 4.79 Å². The Kier molecular flexibility index (Phi) is 4.47. The van der Waals surface area contributed by atoms with E-state index in [1.54, 1.807) is 13.0 Å². The molecule has 22 heavy (non-hydrogen) atoms. The monoisotopic (exact) mass is 304 g/mol. The Bertz CT molecular complexity index is 510. The fourth-order valence-electron chi connectivity index (χ4n) is 4.87. The van der Waals surface area contributed by atoms with Gasteiger partial charge in [0.2, 0.25) is 0 Å². The number of hydrogen-bond donors (Lipinski definition) is 1. The van der Waals surface area contributed by atoms with Crippen molar-refractivity contribution in [2.45, 2.75) is 78.7 Å². The lowest BCUT2D eigenvalue weighted by atomic mass is 9.49. The molecule has 0 spiro atoms. The topological polar surface area (TPSA) is 37.3 Å². The third-order valence-electron chi connectivity index (χ3n) is 6.50. The zero-order valence-electron chi connectivity index (χ0n) is 15.0. The molecule has 0 unspecified atom stereocenters. The Hall–Kier alpha value is -0.890. The minimum Gasteiger partial charge on any atom is -0.386 e. The van der Waals surface area contributed by atoms with Crippen LogP contribution >= 0.6 is 0 Å². The summed E-state index contributed by atoms with van der Waals surface area (Å²) in [4.78, 5) is 12.5. The van der Waals surface area contributed by atoms with E-state index in [-0.39, 0.29) is 10.8 Å². The predicted octanol–water partition coefficient (Wildman–Crippen LogP) is 4.83. The normalized spacial score (nSPS) is 34.1. The standard InChI is InChI=1S/C20H32O2/c1-7-19(5,22)12-9-15-14(2)16(21)13-17-18(3,4)10-8-11-20(15,17)6/h7,17,22H,1,8-13H2,2-6H3/t17-,19-,20+/m0/s1. The van der Waals surface area contributed by atoms with E-state index in [9.17, 15) is 9.90 Å². The van der Waals surface area contributed by atoms with Crippen LogP contribution in [-0.2, 0) is 4.79 Å². The van der Waals surface area contributed by atoms with E-state index in [0.717, 1.165) is 18.4 Å². The minimum absolute atomic E-state index is 0.108. The first-order chi connectivity index (χ1) is 10.0. The number of carbonyl (C=O) groups is 1. The molecule has 2 nitrogen and oxygen atoms in total. The lowest BCUT2D eigenvalue weighted by Crippen LogP contribution is -2.47. The minimum atomic E-state index is -0.857. The van der Waals surface area contributed by atoms with E-state index in [2.05, 4.69) is 27.4 Å². The zero-order valence-corrected chi connectivity index (χ0v) is 15.0. The number of rotatable bonds is 4. The molecule has 124 valence electrons. The van der Waals surface area contributed by atoms with Crippen molar-refractivity contribution >= 4 is 5.78 Å². The maximum absolute atomic E-state index is 12.5. The molecule has 0 heterocycles. The van der Waals surface area contributed by atoms with Crippen LogP contribution in [0, 0.1) is 16.7 Å². The number of carbonyl (C=O) groups excluding carboxylic acids is 1. The summed E-state index contributed by atoms with van der Waals surface area (Å²) in [5.74, 6) is 0.735. The van der Waals surface area contributed by atoms with E-state index in [0.29, 0.717) is 24.5 Å². The second kappa shape index (κ2) is 5.63. The predicted molar refractivity (Wildman–Crippen MR) is 91.6 cm³/mol. The molecular formula is C20H32O2. The Morgan fingerprint density at radius 1 is 1.36 bits per heavy atom. The molecule has 2 heteroatoms. The molecule has 1 fully saturated rings. The van der Waals surface area contributed by atoms with Crippen LogP contribution in [0.4, 0.5) is 0 Å². The van der Waals surface area contributed by atoms with E-state index < -0.39 is 5.60 Å². The van der Waals surface area contributed by atoms with Gasteiger partial charge in [0, 0.05) is 6.42 Å². The van der Waals surface area contributed by atoms with Crippen molar-refractivity contribution in [3.63, 3.8) is 0 Å². The second-order valence-electron chi connectivity index (χ2n) is 8.60. The molecule has 2 aliphatic carbocycles. The molecule has 0 aromatic rings. The first kappa shape index (κ1) is 17.5. The van der Waals surface area contributed by atoms with E-state index in [1.165, 1.54) is 18.4 Å². The summed E-state index contributed by atoms with van der Waals surface area (Å²) in [6.45, 7) is 14.5. The summed E-state index contributed by atoms with van der Waals surface area (Å²) in [6.07, 6.45) is 7.32. The van der Waals surface area contributed by atoms with Gasteiger partial charge in [0.05, 0.1) is 5.60 Å². The Morgan fingerprint density at radius 3 is 2.59 bits per heavy atom. The molecule has 0 aromatic heterocycles. The van der Waals surface area contributed by atoms with Gasteiger partial charge in [-0.15, -0.1) is 6.58 Å². The van der Waals surface area contributed by atoms with Crippen LogP contribution in [0.3, 0.4) is 0 Å². The average Bonchev–Trinajstić information content (AvgIpc) is 2.41. The quantitative estimate of drug-likeness (QED) is 0.756. The number of Topliss-reactive ketones (excluding diaryl/α,β-unsaturated/α-hetero) is 1. The van der Waals surface area contributed by atoms with Crippen molar-refractivity contribution in [3.05, 3.63) is 23.8 Å². The van der Waals surface area contributed by atoms with Crippen LogP contribution < -0.4 is 0 Å². The third kappa shape index (κ3) is 2.95. The highest BCUT2D eigenvalue weighted by molar-refractivity contribution is 5.97. The van der Waals surface area contributed by atoms with Crippen LogP contribution in [0.2, 0.25) is 0 Å². The van der Waals surface area contributed by atoms with Crippen LogP contribution in [0.5, 0.6) is 0 Å². The van der Waals surface area contributed by atoms with Crippen LogP contribution in [0.15, 0.2) is 23.8 Å². The van der Waals surface area contributed by atoms with Crippen LogP contribution in [0.1, 0.15) is 73.1 Å². The van der Waals surface area contributed by atoms with Crippen molar-refractivity contribution in [1.29, 1.82) is 0 Å². The highest BCUT2D eigenvalue weighted by Crippen LogP contribution is 2.59. The zero-order chi connectivity index (χ0) is 16.8. The number of ketones is 1. The van der Waals surface area contributed by atoms with Gasteiger partial charge in [0.1, 0.15) is 0 Å². The van der Waals surface area contributed by atoms with Gasteiger partial charge in [-0.25, -0.2) is 0 Å². The van der Waals surface area contributed by atoms with Crippen molar-refractivity contribution in [1.82, 2.24) is 0 Å². The Morgan fingerprint density at radius 2 is 2.00 bits per heavy atom. The van der Waals surface area contributed by atoms with Gasteiger partial charge in [-0.05, 0) is 61.9 Å². The second-order valence-corrected chi connectivity index (χ2v) is 8.60. The van der Waals surface area contributed by atoms with E-state index in [4.69, 9.17) is 0 Å². The van der Waals surface area contributed by atoms with Crippen molar-refractivity contribution in [3.8, 4) is 0 Å². The lowest BCUT2D eigenvalue weighted by molar-refractivity contribution is -0.122. The Balaban J connectivity index is 2.38. The summed E-state index contributed by atoms with van der Waals surface area (Å²) < 4.78 is 0. The van der Waals surface area contributed by atoms with Crippen LogP contribution in [0.25, 0.3) is 0 Å². The number of allylic oxidation sites excluding steroid dienone is 2. The van der Waals surface area contributed by atoms with Crippen LogP contribution in [-0.4, -0.2) is 16.5 Å². The van der Waals surface area contributed by atoms with Gasteiger partial charge in [0.15, 0.2) is 5.78 Å². The SMILES string of the molecule is C=C[C@](C)(O)CCC1=C(C)C(=O)C[C@H]2C(C)(C)CCC[C@]12C. The number of aliphatic hydroxyl groups is 1. The lowest BCUT2D eigenvalue weighted by Gasteiger charge is -2.54. The molecule has 1 saturated carbocycles. The van der Waals surface area contributed by atoms with Gasteiger partial charge >= 0.3 is 0 Å². The molecule has 0 aromatic carbocycles. The molecule has 1 N–H and O–H groups in total. The van der Waals surface area contributed by atoms with E-state index >= 15 is 0 Å². The average molecular weight is 304 g/mol. The van der Waals surface area contributed by atoms with Gasteiger partial charge < -0.3 is 5.11 Å². The summed E-state index contributed by atoms with van der Waals surface area (Å²) in [7, 11) is 0. The first-order valence-electron chi connectivity index (χ1n) is 8.63. The van der Waals surface area contributed by atoms with Gasteiger partial charge in [-0.2, -0.15) is 0 Å². The number of fused-ring (bicyclic) bond motifs is 1. The highest BCUT2D eigenvalue weighted by Gasteiger charge is 2.51. The van der Waals surface area contributed by atoms with Crippen molar-refractivity contribution < 1.29 is 9.90 Å². The summed E-state index contributed by atoms with van der Waals surface area (Å²) in [5, 5.41) is 10.3. The molecule has 0 bridgehead atoms. The maximum Gasteiger partial charge on any atom is 0.158 e. The van der Waals surface area contributed by atoms with Crippen molar-refractivity contribution in [2.24, 2.45) is 16.7 Å². The summed E-state index contributed by atoms with van der Waals surface area (Å²) in [6, 6.07) is 0. The summed E-state index contributed by atoms with van der Waals surface area (Å²) >= 11 is 0. The third-order valence-corrected chi connectivity index (χ3v) is 6.50. The van der Waals surface area contributed by atoms with E-state index in [1.807, 2.05) is 6.92 Å². The largest absolute Gasteiger partial charge is 0.386 e. The molecule has 2 aliphatic rings. The smallest absolute Gasteiger partial charge is 0.158 e. The fraction of sp³-hybridized carbons (Fsp3) is 0.750. The maximum atomic E-state index is 12.5. The molecule has 0 radical (unpaired) electrons. The molecule has 0 saturated heterocycles. The molecule has 3 atom stereocenters. The Labute approximate surface area is 135 Å². The molecule has 2 rings (SSSR count). The van der Waals surface area contributed by atoms with Gasteiger partial charge in [-0.1, -0.05) is 38.8 Å². The first-order valence-corrected chi connectivity index (χ1v) is 8.63.